The first kappa shape index (κ1) is 11.2. The molecule has 1 aromatic carbocycles. The van der Waals surface area contributed by atoms with Crippen molar-refractivity contribution in [1.82, 2.24) is 4.98 Å². The molecule has 5 heteroatoms. The Kier molecular flexibility index (Phi) is 2.18. The highest BCUT2D eigenvalue weighted by molar-refractivity contribution is 6.36. The van der Waals surface area contributed by atoms with Gasteiger partial charge >= 0.3 is 0 Å². The number of anilines is 1. The standard InChI is InChI=1S/C15H8FN2O2/c16-8-3-4-11-10(6-8)13(15(19)18-11)14-9-2-1-5-17-12(9)7-20-14/h1-4,6H,7H2,(H,18,19). The van der Waals surface area contributed by atoms with E-state index in [1.54, 1.807) is 18.2 Å². The van der Waals surface area contributed by atoms with E-state index in [1.807, 2.05) is 0 Å². The van der Waals surface area contributed by atoms with Crippen LogP contribution < -0.4 is 5.32 Å². The number of aromatic nitrogens is 1. The molecule has 2 aliphatic heterocycles. The van der Waals surface area contributed by atoms with Gasteiger partial charge in [0.1, 0.15) is 18.2 Å². The second-order valence-electron chi connectivity index (χ2n) is 4.57. The Morgan fingerprint density at radius 2 is 2.20 bits per heavy atom. The van der Waals surface area contributed by atoms with Crippen molar-refractivity contribution < 1.29 is 13.9 Å². The zero-order valence-corrected chi connectivity index (χ0v) is 10.2. The molecule has 2 aromatic rings. The maximum absolute atomic E-state index is 13.4. The fourth-order valence-electron chi connectivity index (χ4n) is 2.50. The molecule has 1 amide bonds. The highest BCUT2D eigenvalue weighted by atomic mass is 19.1. The maximum atomic E-state index is 13.4. The molecule has 0 aliphatic carbocycles. The monoisotopic (exact) mass is 267 g/mol. The Hall–Kier alpha value is -2.69. The number of amides is 1. The number of carbonyl (C=O) groups is 1. The van der Waals surface area contributed by atoms with E-state index in [9.17, 15) is 9.18 Å². The molecule has 1 aromatic heterocycles. The Morgan fingerprint density at radius 3 is 3.10 bits per heavy atom. The number of hydrogen-bond acceptors (Lipinski definition) is 3. The average molecular weight is 267 g/mol. The van der Waals surface area contributed by atoms with Crippen LogP contribution in [0.25, 0.3) is 11.3 Å². The smallest absolute Gasteiger partial charge is 0.260 e. The summed E-state index contributed by atoms with van der Waals surface area (Å²) in [4.78, 5) is 16.2. The number of carbonyl (C=O) groups excluding carboxylic acids is 1. The summed E-state index contributed by atoms with van der Waals surface area (Å²) in [5.41, 5.74) is 2.95. The quantitative estimate of drug-likeness (QED) is 0.745. The normalized spacial score (nSPS) is 19.4. The van der Waals surface area contributed by atoms with Gasteiger partial charge in [-0.1, -0.05) is 0 Å². The third-order valence-corrected chi connectivity index (χ3v) is 3.39. The van der Waals surface area contributed by atoms with Crippen LogP contribution in [-0.4, -0.2) is 10.9 Å². The van der Waals surface area contributed by atoms with E-state index < -0.39 is 5.82 Å². The van der Waals surface area contributed by atoms with E-state index >= 15 is 0 Å². The Morgan fingerprint density at radius 1 is 1.30 bits per heavy atom. The van der Waals surface area contributed by atoms with Gasteiger partial charge < -0.3 is 10.1 Å². The molecular weight excluding hydrogens is 259 g/mol. The molecule has 0 spiro atoms. The van der Waals surface area contributed by atoms with Crippen LogP contribution in [0.4, 0.5) is 10.1 Å². The summed E-state index contributed by atoms with van der Waals surface area (Å²) < 4.78 is 19.0. The van der Waals surface area contributed by atoms with Crippen LogP contribution in [0.1, 0.15) is 16.8 Å². The minimum atomic E-state index is -0.393. The lowest BCUT2D eigenvalue weighted by atomic mass is 10.0. The van der Waals surface area contributed by atoms with E-state index in [0.717, 1.165) is 11.3 Å². The van der Waals surface area contributed by atoms with Gasteiger partial charge in [-0.25, -0.2) is 9.37 Å². The lowest BCUT2D eigenvalue weighted by molar-refractivity contribution is -0.110. The lowest BCUT2D eigenvalue weighted by Gasteiger charge is -2.04. The largest absolute Gasteiger partial charge is 0.486 e. The Bertz CT molecular complexity index is 783. The highest BCUT2D eigenvalue weighted by Crippen LogP contribution is 2.40. The fourth-order valence-corrected chi connectivity index (χ4v) is 2.50. The molecular formula is C15H8FN2O2. The SMILES string of the molecule is O=C1Nc2ccc(F)cc2C1=C1OCc2n[c]ccc21. The van der Waals surface area contributed by atoms with E-state index in [4.69, 9.17) is 4.74 Å². The van der Waals surface area contributed by atoms with Gasteiger partial charge in [0.25, 0.3) is 5.91 Å². The predicted molar refractivity (Wildman–Crippen MR) is 69.7 cm³/mol. The molecule has 0 fully saturated rings. The molecule has 4 rings (SSSR count). The second-order valence-corrected chi connectivity index (χ2v) is 4.57. The van der Waals surface area contributed by atoms with Crippen molar-refractivity contribution >= 4 is 22.9 Å². The molecule has 0 atom stereocenters. The first-order chi connectivity index (χ1) is 9.74. The van der Waals surface area contributed by atoms with Crippen molar-refractivity contribution in [2.24, 2.45) is 0 Å². The second kappa shape index (κ2) is 3.90. The van der Waals surface area contributed by atoms with Crippen molar-refractivity contribution in [3.8, 4) is 0 Å². The van der Waals surface area contributed by atoms with Crippen molar-refractivity contribution in [3.05, 3.63) is 59.2 Å². The van der Waals surface area contributed by atoms with Gasteiger partial charge in [0.15, 0.2) is 0 Å². The summed E-state index contributed by atoms with van der Waals surface area (Å²) >= 11 is 0. The number of ether oxygens (including phenoxy) is 1. The molecule has 1 N–H and O–H groups in total. The molecule has 0 unspecified atom stereocenters. The fraction of sp³-hybridized carbons (Fsp3) is 0.0667. The molecule has 97 valence electrons. The molecule has 3 heterocycles. The summed E-state index contributed by atoms with van der Waals surface area (Å²) in [6.07, 6.45) is 2.73. The van der Waals surface area contributed by atoms with Crippen LogP contribution in [0, 0.1) is 12.0 Å². The Balaban J connectivity index is 1.98. The van der Waals surface area contributed by atoms with Crippen LogP contribution in [0.15, 0.2) is 30.3 Å². The number of nitrogens with one attached hydrogen (secondary N) is 1. The van der Waals surface area contributed by atoms with Gasteiger partial charge in [0, 0.05) is 16.8 Å². The van der Waals surface area contributed by atoms with Crippen molar-refractivity contribution in [1.29, 1.82) is 0 Å². The molecule has 0 bridgehead atoms. The summed E-state index contributed by atoms with van der Waals surface area (Å²) in [5, 5.41) is 2.71. The maximum Gasteiger partial charge on any atom is 0.260 e. The van der Waals surface area contributed by atoms with Crippen LogP contribution in [0.2, 0.25) is 0 Å². The van der Waals surface area contributed by atoms with Gasteiger partial charge in [-0.05, 0) is 30.3 Å². The summed E-state index contributed by atoms with van der Waals surface area (Å²) in [5.74, 6) is -0.235. The lowest BCUT2D eigenvalue weighted by Crippen LogP contribution is -2.05. The number of fused-ring (bicyclic) bond motifs is 2. The van der Waals surface area contributed by atoms with E-state index in [-0.39, 0.29) is 5.91 Å². The first-order valence-electron chi connectivity index (χ1n) is 6.09. The van der Waals surface area contributed by atoms with Gasteiger partial charge in [-0.2, -0.15) is 0 Å². The predicted octanol–water partition coefficient (Wildman–Crippen LogP) is 2.37. The van der Waals surface area contributed by atoms with Crippen molar-refractivity contribution in [3.63, 3.8) is 0 Å². The minimum absolute atomic E-state index is 0.290. The first-order valence-corrected chi connectivity index (χ1v) is 6.09. The molecule has 20 heavy (non-hydrogen) atoms. The molecule has 0 saturated carbocycles. The summed E-state index contributed by atoms with van der Waals surface area (Å²) in [6, 6.07) is 7.64. The van der Waals surface area contributed by atoms with E-state index in [1.165, 1.54) is 12.1 Å². The van der Waals surface area contributed by atoms with Crippen LogP contribution >= 0.6 is 0 Å². The molecule has 0 saturated heterocycles. The number of nitrogens with zero attached hydrogens (tertiary/aromatic N) is 1. The number of benzene rings is 1. The summed E-state index contributed by atoms with van der Waals surface area (Å²) in [7, 11) is 0. The Labute approximate surface area is 113 Å². The zero-order chi connectivity index (χ0) is 13.7. The van der Waals surface area contributed by atoms with Gasteiger partial charge in [-0.3, -0.25) is 4.79 Å². The van der Waals surface area contributed by atoms with Gasteiger partial charge in [-0.15, -0.1) is 0 Å². The third kappa shape index (κ3) is 1.46. The minimum Gasteiger partial charge on any atom is -0.486 e. The highest BCUT2D eigenvalue weighted by Gasteiger charge is 2.32. The van der Waals surface area contributed by atoms with E-state index in [0.29, 0.717) is 29.2 Å². The molecule has 4 nitrogen and oxygen atoms in total. The molecule has 2 aliphatic rings. The zero-order valence-electron chi connectivity index (χ0n) is 10.2. The number of halogens is 1. The topological polar surface area (TPSA) is 51.2 Å². The van der Waals surface area contributed by atoms with Crippen LogP contribution in [0.5, 0.6) is 0 Å². The number of hydrogen-bond donors (Lipinski definition) is 1. The van der Waals surface area contributed by atoms with Crippen LogP contribution in [0.3, 0.4) is 0 Å². The summed E-state index contributed by atoms with van der Waals surface area (Å²) in [6.45, 7) is 0.295. The van der Waals surface area contributed by atoms with Gasteiger partial charge in [0.05, 0.1) is 17.5 Å². The average Bonchev–Trinajstić information content (AvgIpc) is 2.99. The van der Waals surface area contributed by atoms with Crippen molar-refractivity contribution in [2.75, 3.05) is 5.32 Å². The number of rotatable bonds is 0. The number of pyridine rings is 1. The van der Waals surface area contributed by atoms with Gasteiger partial charge in [0.2, 0.25) is 0 Å². The third-order valence-electron chi connectivity index (χ3n) is 3.39. The molecule has 1 radical (unpaired) electrons. The van der Waals surface area contributed by atoms with Crippen molar-refractivity contribution in [2.45, 2.75) is 6.61 Å². The van der Waals surface area contributed by atoms with E-state index in [2.05, 4.69) is 16.5 Å². The van der Waals surface area contributed by atoms with Crippen LogP contribution in [-0.2, 0) is 16.1 Å².